The van der Waals surface area contributed by atoms with Crippen molar-refractivity contribution in [2.24, 2.45) is 0 Å². The van der Waals surface area contributed by atoms with Gasteiger partial charge in [0.15, 0.2) is 0 Å². The van der Waals surface area contributed by atoms with E-state index in [2.05, 4.69) is 15.0 Å². The van der Waals surface area contributed by atoms with Crippen LogP contribution in [0.25, 0.3) is 0 Å². The van der Waals surface area contributed by atoms with E-state index >= 15 is 0 Å². The number of pyridine rings is 1. The lowest BCUT2D eigenvalue weighted by Gasteiger charge is -2.35. The molecule has 1 saturated carbocycles. The quantitative estimate of drug-likeness (QED) is 0.794. The maximum atomic E-state index is 12.4. The van der Waals surface area contributed by atoms with Crippen LogP contribution in [0.1, 0.15) is 26.7 Å². The maximum Gasteiger partial charge on any atom is 0.244 e. The van der Waals surface area contributed by atoms with Gasteiger partial charge in [0.2, 0.25) is 10.0 Å². The molecular formula is C13H21N3O3S. The van der Waals surface area contributed by atoms with Gasteiger partial charge in [-0.2, -0.15) is 0 Å². The first-order valence-corrected chi connectivity index (χ1v) is 8.38. The van der Waals surface area contributed by atoms with Gasteiger partial charge in [-0.05, 0) is 38.8 Å². The Morgan fingerprint density at radius 2 is 2.15 bits per heavy atom. The van der Waals surface area contributed by atoms with Crippen LogP contribution < -0.4 is 10.0 Å². The summed E-state index contributed by atoms with van der Waals surface area (Å²) < 4.78 is 32.9. The lowest BCUT2D eigenvalue weighted by Crippen LogP contribution is -2.47. The molecule has 6 nitrogen and oxygen atoms in total. The molecule has 0 saturated heterocycles. The lowest BCUT2D eigenvalue weighted by atomic mass is 9.90. The van der Waals surface area contributed by atoms with Gasteiger partial charge in [0.05, 0.1) is 6.10 Å². The molecule has 2 rings (SSSR count). The molecule has 0 amide bonds. The Morgan fingerprint density at radius 3 is 2.80 bits per heavy atom. The minimum absolute atomic E-state index is 0.0498. The molecule has 0 spiro atoms. The summed E-state index contributed by atoms with van der Waals surface area (Å²) in [7, 11) is -3.54. The first kappa shape index (κ1) is 15.2. The third-order valence-electron chi connectivity index (χ3n) is 3.22. The molecule has 2 N–H and O–H groups in total. The molecule has 0 aliphatic heterocycles. The predicted octanol–water partition coefficient (Wildman–Crippen LogP) is 1.36. The van der Waals surface area contributed by atoms with E-state index in [0.717, 1.165) is 12.8 Å². The molecule has 0 bridgehead atoms. The van der Waals surface area contributed by atoms with Gasteiger partial charge in [0, 0.05) is 25.4 Å². The fourth-order valence-corrected chi connectivity index (χ4v) is 3.62. The van der Waals surface area contributed by atoms with Crippen LogP contribution in [0.3, 0.4) is 0 Å². The van der Waals surface area contributed by atoms with Gasteiger partial charge in [0.25, 0.3) is 0 Å². The normalized spacial score (nSPS) is 22.3. The molecular weight excluding hydrogens is 278 g/mol. The van der Waals surface area contributed by atoms with Crippen molar-refractivity contribution in [1.82, 2.24) is 9.71 Å². The molecule has 0 radical (unpaired) electrons. The Balaban J connectivity index is 2.04. The monoisotopic (exact) mass is 299 g/mol. The van der Waals surface area contributed by atoms with Gasteiger partial charge in [-0.3, -0.25) is 0 Å². The van der Waals surface area contributed by atoms with Crippen molar-refractivity contribution in [3.63, 3.8) is 0 Å². The van der Waals surface area contributed by atoms with E-state index < -0.39 is 10.0 Å². The molecule has 0 unspecified atom stereocenters. The number of rotatable bonds is 7. The van der Waals surface area contributed by atoms with Crippen molar-refractivity contribution >= 4 is 15.8 Å². The summed E-state index contributed by atoms with van der Waals surface area (Å²) in [6.07, 6.45) is 3.20. The Bertz CT molecular complexity index is 542. The number of anilines is 1. The number of sulfonamides is 1. The average molecular weight is 299 g/mol. The van der Waals surface area contributed by atoms with Crippen LogP contribution >= 0.6 is 0 Å². The Hall–Kier alpha value is -1.18. The van der Waals surface area contributed by atoms with E-state index in [4.69, 9.17) is 4.74 Å². The number of hydrogen-bond donors (Lipinski definition) is 2. The predicted molar refractivity (Wildman–Crippen MR) is 77.2 cm³/mol. The summed E-state index contributed by atoms with van der Waals surface area (Å²) >= 11 is 0. The van der Waals surface area contributed by atoms with Crippen LogP contribution in [0.4, 0.5) is 5.82 Å². The Kier molecular flexibility index (Phi) is 4.95. The highest BCUT2D eigenvalue weighted by atomic mass is 32.2. The molecule has 112 valence electrons. The zero-order valence-corrected chi connectivity index (χ0v) is 12.6. The summed E-state index contributed by atoms with van der Waals surface area (Å²) in [5.41, 5.74) is 0. The highest BCUT2D eigenvalue weighted by molar-refractivity contribution is 7.89. The molecule has 1 aromatic heterocycles. The van der Waals surface area contributed by atoms with Crippen LogP contribution in [0, 0.1) is 0 Å². The summed E-state index contributed by atoms with van der Waals surface area (Å²) in [6, 6.07) is 3.14. The second kappa shape index (κ2) is 6.51. The standard InChI is InChI=1S/C13H21N3O3S/c1-3-14-13-12(6-5-7-15-13)20(17,18)16-10-8-11(9-10)19-4-2/h5-7,10-11,16H,3-4,8-9H2,1-2H3,(H,14,15). The van der Waals surface area contributed by atoms with Crippen LogP contribution in [-0.2, 0) is 14.8 Å². The molecule has 1 heterocycles. The molecule has 1 aliphatic rings. The number of nitrogens with zero attached hydrogens (tertiary/aromatic N) is 1. The second-order valence-corrected chi connectivity index (χ2v) is 6.43. The number of nitrogens with one attached hydrogen (secondary N) is 2. The van der Waals surface area contributed by atoms with E-state index in [1.807, 2.05) is 13.8 Å². The molecule has 0 atom stereocenters. The van der Waals surface area contributed by atoms with Gasteiger partial charge in [-0.15, -0.1) is 0 Å². The van der Waals surface area contributed by atoms with Gasteiger partial charge in [-0.1, -0.05) is 0 Å². The smallest absolute Gasteiger partial charge is 0.244 e. The van der Waals surface area contributed by atoms with Crippen molar-refractivity contribution in [2.45, 2.75) is 43.7 Å². The third-order valence-corrected chi connectivity index (χ3v) is 4.78. The number of ether oxygens (including phenoxy) is 1. The van der Waals surface area contributed by atoms with E-state index in [0.29, 0.717) is 19.0 Å². The summed E-state index contributed by atoms with van der Waals surface area (Å²) in [5, 5.41) is 2.97. The molecule has 1 fully saturated rings. The fraction of sp³-hybridized carbons (Fsp3) is 0.615. The summed E-state index contributed by atoms with van der Waals surface area (Å²) in [5.74, 6) is 0.392. The first-order chi connectivity index (χ1) is 9.56. The third kappa shape index (κ3) is 3.47. The van der Waals surface area contributed by atoms with Crippen LogP contribution in [0.5, 0.6) is 0 Å². The van der Waals surface area contributed by atoms with E-state index in [-0.39, 0.29) is 17.0 Å². The highest BCUT2D eigenvalue weighted by Crippen LogP contribution is 2.26. The molecule has 7 heteroatoms. The minimum Gasteiger partial charge on any atom is -0.378 e. The zero-order chi connectivity index (χ0) is 14.6. The lowest BCUT2D eigenvalue weighted by molar-refractivity contribution is -0.00475. The number of hydrogen-bond acceptors (Lipinski definition) is 5. The van der Waals surface area contributed by atoms with Crippen LogP contribution in [0.15, 0.2) is 23.2 Å². The second-order valence-electron chi connectivity index (χ2n) is 4.75. The van der Waals surface area contributed by atoms with Gasteiger partial charge < -0.3 is 10.1 Å². The largest absolute Gasteiger partial charge is 0.378 e. The number of aromatic nitrogens is 1. The SMILES string of the molecule is CCNc1ncccc1S(=O)(=O)NC1CC(OCC)C1. The maximum absolute atomic E-state index is 12.4. The molecule has 0 aromatic carbocycles. The highest BCUT2D eigenvalue weighted by Gasteiger charge is 2.33. The Morgan fingerprint density at radius 1 is 1.40 bits per heavy atom. The fourth-order valence-electron chi connectivity index (χ4n) is 2.22. The van der Waals surface area contributed by atoms with E-state index in [9.17, 15) is 8.42 Å². The summed E-state index contributed by atoms with van der Waals surface area (Å²) in [4.78, 5) is 4.27. The van der Waals surface area contributed by atoms with Gasteiger partial charge in [-0.25, -0.2) is 18.1 Å². The molecule has 1 aromatic rings. The van der Waals surface area contributed by atoms with Gasteiger partial charge in [0.1, 0.15) is 10.7 Å². The molecule has 20 heavy (non-hydrogen) atoms. The van der Waals surface area contributed by atoms with Crippen LogP contribution in [-0.4, -0.2) is 38.7 Å². The summed E-state index contributed by atoms with van der Waals surface area (Å²) in [6.45, 7) is 5.12. The topological polar surface area (TPSA) is 80.3 Å². The first-order valence-electron chi connectivity index (χ1n) is 6.89. The van der Waals surface area contributed by atoms with Crippen molar-refractivity contribution in [1.29, 1.82) is 0 Å². The van der Waals surface area contributed by atoms with Gasteiger partial charge >= 0.3 is 0 Å². The van der Waals surface area contributed by atoms with Crippen molar-refractivity contribution in [2.75, 3.05) is 18.5 Å². The van der Waals surface area contributed by atoms with E-state index in [1.54, 1.807) is 18.3 Å². The molecule has 1 aliphatic carbocycles. The Labute approximate surface area is 120 Å². The van der Waals surface area contributed by atoms with Crippen molar-refractivity contribution in [3.8, 4) is 0 Å². The van der Waals surface area contributed by atoms with Crippen LogP contribution in [0.2, 0.25) is 0 Å². The average Bonchev–Trinajstić information content (AvgIpc) is 2.37. The van der Waals surface area contributed by atoms with E-state index in [1.165, 1.54) is 0 Å². The van der Waals surface area contributed by atoms with Crippen molar-refractivity contribution < 1.29 is 13.2 Å². The minimum atomic E-state index is -3.54. The zero-order valence-electron chi connectivity index (χ0n) is 11.8. The van der Waals surface area contributed by atoms with Crippen molar-refractivity contribution in [3.05, 3.63) is 18.3 Å².